The van der Waals surface area contributed by atoms with Crippen molar-refractivity contribution in [2.24, 2.45) is 11.8 Å². The van der Waals surface area contributed by atoms with Gasteiger partial charge in [0, 0.05) is 0 Å². The molecule has 180 valence electrons. The molecule has 1 saturated carbocycles. The standard InChI is InChI=1S/C32H45F/c1-2-3-4-5-7-10-28-18-22-31(23-19-28)32-24-20-30(21-25-32)17-16-29-14-12-27(13-15-29)11-8-6-9-26-33/h6,9,18-25,27,29H,2-5,7-8,10-17,26H2,1H3. The van der Waals surface area contributed by atoms with Crippen LogP contribution in [0, 0.1) is 11.8 Å². The molecule has 0 heterocycles. The Bertz CT molecular complexity index is 778. The van der Waals surface area contributed by atoms with Gasteiger partial charge in [-0.25, -0.2) is 4.39 Å². The Morgan fingerprint density at radius 3 is 1.79 bits per heavy atom. The Morgan fingerprint density at radius 1 is 0.667 bits per heavy atom. The van der Waals surface area contributed by atoms with Crippen LogP contribution in [0.15, 0.2) is 60.7 Å². The highest BCUT2D eigenvalue weighted by molar-refractivity contribution is 5.64. The highest BCUT2D eigenvalue weighted by Gasteiger charge is 2.20. The van der Waals surface area contributed by atoms with Gasteiger partial charge in [-0.05, 0) is 72.6 Å². The molecule has 1 aliphatic rings. The molecule has 33 heavy (non-hydrogen) atoms. The maximum Gasteiger partial charge on any atom is 0.108 e. The minimum absolute atomic E-state index is 0.320. The Morgan fingerprint density at radius 2 is 1.21 bits per heavy atom. The third kappa shape index (κ3) is 9.48. The van der Waals surface area contributed by atoms with Crippen molar-refractivity contribution in [3.8, 4) is 11.1 Å². The van der Waals surface area contributed by atoms with Crippen molar-refractivity contribution in [2.75, 3.05) is 6.67 Å². The minimum Gasteiger partial charge on any atom is -0.247 e. The Balaban J connectivity index is 1.37. The van der Waals surface area contributed by atoms with Crippen LogP contribution in [0.5, 0.6) is 0 Å². The molecule has 0 nitrogen and oxygen atoms in total. The molecular weight excluding hydrogens is 403 g/mol. The average molecular weight is 449 g/mol. The molecular formula is C32H45F. The summed E-state index contributed by atoms with van der Waals surface area (Å²) in [4.78, 5) is 0. The van der Waals surface area contributed by atoms with Crippen molar-refractivity contribution in [1.29, 1.82) is 0 Å². The molecule has 1 fully saturated rings. The molecule has 0 bridgehead atoms. The monoisotopic (exact) mass is 448 g/mol. The van der Waals surface area contributed by atoms with E-state index in [1.54, 1.807) is 6.08 Å². The van der Waals surface area contributed by atoms with Crippen molar-refractivity contribution in [1.82, 2.24) is 0 Å². The van der Waals surface area contributed by atoms with Crippen LogP contribution in [0.4, 0.5) is 4.39 Å². The number of hydrogen-bond acceptors (Lipinski definition) is 0. The van der Waals surface area contributed by atoms with Gasteiger partial charge in [-0.2, -0.15) is 0 Å². The van der Waals surface area contributed by atoms with E-state index in [-0.39, 0.29) is 6.67 Å². The molecule has 0 unspecified atom stereocenters. The number of alkyl halides is 1. The summed E-state index contributed by atoms with van der Waals surface area (Å²) in [6.45, 7) is 1.95. The Kier molecular flexibility index (Phi) is 11.8. The van der Waals surface area contributed by atoms with Crippen molar-refractivity contribution in [3.63, 3.8) is 0 Å². The van der Waals surface area contributed by atoms with Crippen LogP contribution >= 0.6 is 0 Å². The van der Waals surface area contributed by atoms with Crippen LogP contribution < -0.4 is 0 Å². The Hall–Kier alpha value is -1.89. The fourth-order valence-electron chi connectivity index (χ4n) is 5.35. The Labute approximate surface area is 202 Å². The van der Waals surface area contributed by atoms with Crippen molar-refractivity contribution >= 4 is 0 Å². The number of aryl methyl sites for hydroxylation is 2. The zero-order valence-electron chi connectivity index (χ0n) is 20.9. The first-order chi connectivity index (χ1) is 16.3. The predicted molar refractivity (Wildman–Crippen MR) is 142 cm³/mol. The molecule has 0 amide bonds. The number of benzene rings is 2. The lowest BCUT2D eigenvalue weighted by Gasteiger charge is -2.28. The van der Waals surface area contributed by atoms with Gasteiger partial charge >= 0.3 is 0 Å². The first-order valence-corrected chi connectivity index (χ1v) is 13.7. The average Bonchev–Trinajstić information content (AvgIpc) is 2.87. The summed E-state index contributed by atoms with van der Waals surface area (Å²) in [7, 11) is 0. The lowest BCUT2D eigenvalue weighted by atomic mass is 9.78. The predicted octanol–water partition coefficient (Wildman–Crippen LogP) is 9.91. The minimum atomic E-state index is -0.320. The van der Waals surface area contributed by atoms with Crippen LogP contribution in [-0.4, -0.2) is 6.67 Å². The lowest BCUT2D eigenvalue weighted by Crippen LogP contribution is -2.15. The molecule has 3 rings (SSSR count). The summed E-state index contributed by atoms with van der Waals surface area (Å²) in [5.41, 5.74) is 5.60. The summed E-state index contributed by atoms with van der Waals surface area (Å²) in [6, 6.07) is 18.5. The van der Waals surface area contributed by atoms with Gasteiger partial charge in [-0.3, -0.25) is 0 Å². The van der Waals surface area contributed by atoms with E-state index < -0.39 is 0 Å². The molecule has 0 aliphatic heterocycles. The fraction of sp³-hybridized carbons (Fsp3) is 0.562. The summed E-state index contributed by atoms with van der Waals surface area (Å²) < 4.78 is 12.1. The van der Waals surface area contributed by atoms with E-state index in [9.17, 15) is 4.39 Å². The SMILES string of the molecule is CCCCCCCc1ccc(-c2ccc(CCC3CCC(CCC=CCF)CC3)cc2)cc1. The summed E-state index contributed by atoms with van der Waals surface area (Å²) in [6.07, 6.45) is 21.9. The fourth-order valence-corrected chi connectivity index (χ4v) is 5.35. The highest BCUT2D eigenvalue weighted by Crippen LogP contribution is 2.34. The van der Waals surface area contributed by atoms with E-state index in [1.807, 2.05) is 6.08 Å². The number of rotatable bonds is 14. The second-order valence-electron chi connectivity index (χ2n) is 10.2. The van der Waals surface area contributed by atoms with Crippen molar-refractivity contribution in [3.05, 3.63) is 71.8 Å². The number of allylic oxidation sites excluding steroid dienone is 2. The highest BCUT2D eigenvalue weighted by atomic mass is 19.1. The topological polar surface area (TPSA) is 0 Å². The quantitative estimate of drug-likeness (QED) is 0.199. The number of halogens is 1. The largest absolute Gasteiger partial charge is 0.247 e. The molecule has 1 heteroatoms. The van der Waals surface area contributed by atoms with Gasteiger partial charge in [0.15, 0.2) is 0 Å². The number of unbranched alkanes of at least 4 members (excludes halogenated alkanes) is 4. The molecule has 0 aromatic heterocycles. The smallest absolute Gasteiger partial charge is 0.108 e. The van der Waals surface area contributed by atoms with Gasteiger partial charge < -0.3 is 0 Å². The second kappa shape index (κ2) is 15.1. The van der Waals surface area contributed by atoms with E-state index in [1.165, 1.54) is 106 Å². The molecule has 2 aromatic rings. The van der Waals surface area contributed by atoms with Gasteiger partial charge in [0.2, 0.25) is 0 Å². The number of hydrogen-bond donors (Lipinski definition) is 0. The van der Waals surface area contributed by atoms with E-state index in [4.69, 9.17) is 0 Å². The maximum atomic E-state index is 12.1. The molecule has 2 aromatic carbocycles. The van der Waals surface area contributed by atoms with Gasteiger partial charge in [0.05, 0.1) is 0 Å². The van der Waals surface area contributed by atoms with Gasteiger partial charge in [0.25, 0.3) is 0 Å². The van der Waals surface area contributed by atoms with E-state index in [0.29, 0.717) is 0 Å². The summed E-state index contributed by atoms with van der Waals surface area (Å²) in [5.74, 6) is 1.74. The zero-order valence-corrected chi connectivity index (χ0v) is 20.9. The van der Waals surface area contributed by atoms with Crippen molar-refractivity contribution < 1.29 is 4.39 Å². The molecule has 1 aliphatic carbocycles. The van der Waals surface area contributed by atoms with Crippen LogP contribution in [-0.2, 0) is 12.8 Å². The van der Waals surface area contributed by atoms with E-state index >= 15 is 0 Å². The zero-order chi connectivity index (χ0) is 23.1. The van der Waals surface area contributed by atoms with Crippen LogP contribution in [0.25, 0.3) is 11.1 Å². The summed E-state index contributed by atoms with van der Waals surface area (Å²) >= 11 is 0. The molecule has 0 spiro atoms. The van der Waals surface area contributed by atoms with Gasteiger partial charge in [-0.1, -0.05) is 119 Å². The second-order valence-corrected chi connectivity index (χ2v) is 10.2. The molecule has 0 atom stereocenters. The first-order valence-electron chi connectivity index (χ1n) is 13.7. The van der Waals surface area contributed by atoms with E-state index in [0.717, 1.165) is 18.3 Å². The third-order valence-electron chi connectivity index (χ3n) is 7.62. The van der Waals surface area contributed by atoms with Crippen LogP contribution in [0.2, 0.25) is 0 Å². The van der Waals surface area contributed by atoms with Crippen LogP contribution in [0.1, 0.15) is 95.1 Å². The molecule has 0 saturated heterocycles. The van der Waals surface area contributed by atoms with E-state index in [2.05, 4.69) is 55.5 Å². The molecule has 0 N–H and O–H groups in total. The third-order valence-corrected chi connectivity index (χ3v) is 7.62. The van der Waals surface area contributed by atoms with Gasteiger partial charge in [-0.15, -0.1) is 0 Å². The normalized spacial score (nSPS) is 18.7. The van der Waals surface area contributed by atoms with Crippen LogP contribution in [0.3, 0.4) is 0 Å². The first kappa shape index (κ1) is 25.7. The maximum absolute atomic E-state index is 12.1. The lowest BCUT2D eigenvalue weighted by molar-refractivity contribution is 0.254. The van der Waals surface area contributed by atoms with Gasteiger partial charge in [0.1, 0.15) is 6.67 Å². The summed E-state index contributed by atoms with van der Waals surface area (Å²) in [5, 5.41) is 0. The molecule has 0 radical (unpaired) electrons. The van der Waals surface area contributed by atoms with Crippen molar-refractivity contribution in [2.45, 2.75) is 96.8 Å².